The number of thiocarbonyl (C=S) groups is 1. The minimum atomic E-state index is 0.488. The third-order valence-corrected chi connectivity index (χ3v) is 3.99. The molecule has 0 amide bonds. The Balaban J connectivity index is 3.07. The van der Waals surface area contributed by atoms with E-state index in [-0.39, 0.29) is 0 Å². The van der Waals surface area contributed by atoms with Crippen molar-refractivity contribution >= 4 is 22.9 Å². The first-order valence-corrected chi connectivity index (χ1v) is 7.59. The highest BCUT2D eigenvalue weighted by atomic mass is 32.1. The Hall–Kier alpha value is -1.09. The molecule has 1 aromatic carbocycles. The number of hydrogen-bond donors (Lipinski definition) is 1. The standard InChI is InChI=1S/C16H26N2S/c1-5-13(6-2)11-18(7-3)15-9-8-12(4)10-14(15)16(17)19/h8-10,13H,5-7,11H2,1-4H3,(H2,17,19). The van der Waals surface area contributed by atoms with Crippen molar-refractivity contribution in [3.05, 3.63) is 29.3 Å². The molecule has 0 bridgehead atoms. The van der Waals surface area contributed by atoms with E-state index in [1.165, 1.54) is 24.1 Å². The molecule has 3 heteroatoms. The number of rotatable bonds is 7. The molecule has 0 spiro atoms. The van der Waals surface area contributed by atoms with Crippen LogP contribution in [0.2, 0.25) is 0 Å². The molecule has 0 aliphatic carbocycles. The third-order valence-electron chi connectivity index (χ3n) is 3.77. The van der Waals surface area contributed by atoms with Crippen LogP contribution in [0.15, 0.2) is 18.2 Å². The second-order valence-corrected chi connectivity index (χ2v) is 5.55. The minimum absolute atomic E-state index is 0.488. The van der Waals surface area contributed by atoms with Gasteiger partial charge in [0.05, 0.1) is 0 Å². The van der Waals surface area contributed by atoms with Gasteiger partial charge in [-0.05, 0) is 31.9 Å². The molecule has 2 nitrogen and oxygen atoms in total. The van der Waals surface area contributed by atoms with Crippen molar-refractivity contribution in [2.24, 2.45) is 11.7 Å². The Labute approximate surface area is 123 Å². The summed E-state index contributed by atoms with van der Waals surface area (Å²) in [5.74, 6) is 0.723. The molecular formula is C16H26N2S. The van der Waals surface area contributed by atoms with Crippen molar-refractivity contribution in [2.75, 3.05) is 18.0 Å². The maximum atomic E-state index is 5.88. The van der Waals surface area contributed by atoms with Crippen molar-refractivity contribution in [1.29, 1.82) is 0 Å². The Morgan fingerprint density at radius 1 is 1.26 bits per heavy atom. The third kappa shape index (κ3) is 4.20. The van der Waals surface area contributed by atoms with E-state index >= 15 is 0 Å². The van der Waals surface area contributed by atoms with Gasteiger partial charge in [-0.3, -0.25) is 0 Å². The molecule has 0 atom stereocenters. The lowest BCUT2D eigenvalue weighted by Crippen LogP contribution is -2.31. The van der Waals surface area contributed by atoms with Crippen molar-refractivity contribution in [3.8, 4) is 0 Å². The van der Waals surface area contributed by atoms with E-state index in [2.05, 4.69) is 50.8 Å². The maximum absolute atomic E-state index is 5.88. The molecule has 0 fully saturated rings. The van der Waals surface area contributed by atoms with Crippen molar-refractivity contribution in [1.82, 2.24) is 0 Å². The fourth-order valence-electron chi connectivity index (χ4n) is 2.38. The summed E-state index contributed by atoms with van der Waals surface area (Å²) in [7, 11) is 0. The molecule has 0 radical (unpaired) electrons. The first-order valence-electron chi connectivity index (χ1n) is 7.18. The van der Waals surface area contributed by atoms with Crippen molar-refractivity contribution < 1.29 is 0 Å². The van der Waals surface area contributed by atoms with Gasteiger partial charge in [-0.15, -0.1) is 0 Å². The van der Waals surface area contributed by atoms with E-state index in [0.29, 0.717) is 4.99 Å². The average molecular weight is 278 g/mol. The second kappa shape index (κ2) is 7.49. The van der Waals surface area contributed by atoms with Gasteiger partial charge >= 0.3 is 0 Å². The molecule has 2 N–H and O–H groups in total. The molecule has 0 aromatic heterocycles. The number of anilines is 1. The van der Waals surface area contributed by atoms with E-state index in [1.54, 1.807) is 0 Å². The van der Waals surface area contributed by atoms with Crippen LogP contribution in [0.3, 0.4) is 0 Å². The number of benzene rings is 1. The minimum Gasteiger partial charge on any atom is -0.389 e. The van der Waals surface area contributed by atoms with Crippen LogP contribution in [0, 0.1) is 12.8 Å². The first kappa shape index (κ1) is 16.0. The van der Waals surface area contributed by atoms with E-state index in [9.17, 15) is 0 Å². The topological polar surface area (TPSA) is 29.3 Å². The molecule has 19 heavy (non-hydrogen) atoms. The first-order chi connectivity index (χ1) is 9.03. The SMILES string of the molecule is CCC(CC)CN(CC)c1ccc(C)cc1C(N)=S. The summed E-state index contributed by atoms with van der Waals surface area (Å²) >= 11 is 5.20. The molecule has 0 saturated heterocycles. The smallest absolute Gasteiger partial charge is 0.106 e. The zero-order valence-electron chi connectivity index (χ0n) is 12.6. The number of nitrogens with two attached hydrogens (primary N) is 1. The molecular weight excluding hydrogens is 252 g/mol. The number of hydrogen-bond acceptors (Lipinski definition) is 2. The average Bonchev–Trinajstić information content (AvgIpc) is 2.40. The lowest BCUT2D eigenvalue weighted by molar-refractivity contribution is 0.486. The molecule has 106 valence electrons. The van der Waals surface area contributed by atoms with Crippen LogP contribution in [-0.4, -0.2) is 18.1 Å². The van der Waals surface area contributed by atoms with E-state index in [1.807, 2.05) is 0 Å². The van der Waals surface area contributed by atoms with Crippen LogP contribution in [-0.2, 0) is 0 Å². The van der Waals surface area contributed by atoms with Crippen LogP contribution in [0.5, 0.6) is 0 Å². The van der Waals surface area contributed by atoms with Gasteiger partial charge in [0.2, 0.25) is 0 Å². The largest absolute Gasteiger partial charge is 0.389 e. The van der Waals surface area contributed by atoms with Gasteiger partial charge in [0.15, 0.2) is 0 Å². The predicted molar refractivity (Wildman–Crippen MR) is 89.0 cm³/mol. The quantitative estimate of drug-likeness (QED) is 0.767. The zero-order chi connectivity index (χ0) is 14.4. The molecule has 0 aliphatic rings. The Kier molecular flexibility index (Phi) is 6.29. The summed E-state index contributed by atoms with van der Waals surface area (Å²) in [6.45, 7) is 10.8. The number of nitrogens with zero attached hydrogens (tertiary/aromatic N) is 1. The van der Waals surface area contributed by atoms with E-state index in [4.69, 9.17) is 18.0 Å². The molecule has 0 aliphatic heterocycles. The van der Waals surface area contributed by atoms with Crippen LogP contribution in [0.1, 0.15) is 44.7 Å². The highest BCUT2D eigenvalue weighted by Gasteiger charge is 2.15. The van der Waals surface area contributed by atoms with Gasteiger partial charge in [0.25, 0.3) is 0 Å². The zero-order valence-corrected chi connectivity index (χ0v) is 13.4. The van der Waals surface area contributed by atoms with Crippen LogP contribution >= 0.6 is 12.2 Å². The van der Waals surface area contributed by atoms with Gasteiger partial charge in [-0.25, -0.2) is 0 Å². The number of aryl methyl sites for hydroxylation is 1. The predicted octanol–water partition coefficient (Wildman–Crippen LogP) is 3.89. The summed E-state index contributed by atoms with van der Waals surface area (Å²) in [5.41, 5.74) is 9.25. The monoisotopic (exact) mass is 278 g/mol. The van der Waals surface area contributed by atoms with Gasteiger partial charge in [0, 0.05) is 24.3 Å². The molecule has 1 rings (SSSR count). The molecule has 0 unspecified atom stereocenters. The summed E-state index contributed by atoms with van der Waals surface area (Å²) in [6, 6.07) is 6.37. The van der Waals surface area contributed by atoms with E-state index < -0.39 is 0 Å². The lowest BCUT2D eigenvalue weighted by Gasteiger charge is -2.29. The Morgan fingerprint density at radius 3 is 2.37 bits per heavy atom. The summed E-state index contributed by atoms with van der Waals surface area (Å²) in [4.78, 5) is 2.88. The fraction of sp³-hybridized carbons (Fsp3) is 0.562. The summed E-state index contributed by atoms with van der Waals surface area (Å²) < 4.78 is 0. The van der Waals surface area contributed by atoms with E-state index in [0.717, 1.165) is 24.6 Å². The van der Waals surface area contributed by atoms with Gasteiger partial charge in [0.1, 0.15) is 4.99 Å². The van der Waals surface area contributed by atoms with Crippen molar-refractivity contribution in [2.45, 2.75) is 40.5 Å². The second-order valence-electron chi connectivity index (χ2n) is 5.11. The molecule has 1 aromatic rings. The summed E-state index contributed by atoms with van der Waals surface area (Å²) in [5, 5.41) is 0. The molecule has 0 saturated carbocycles. The summed E-state index contributed by atoms with van der Waals surface area (Å²) in [6.07, 6.45) is 2.42. The van der Waals surface area contributed by atoms with Crippen LogP contribution in [0.4, 0.5) is 5.69 Å². The highest BCUT2D eigenvalue weighted by molar-refractivity contribution is 7.80. The van der Waals surface area contributed by atoms with Crippen LogP contribution < -0.4 is 10.6 Å². The van der Waals surface area contributed by atoms with Gasteiger partial charge in [-0.1, -0.05) is 50.5 Å². The van der Waals surface area contributed by atoms with Crippen LogP contribution in [0.25, 0.3) is 0 Å². The lowest BCUT2D eigenvalue weighted by atomic mass is 10.0. The highest BCUT2D eigenvalue weighted by Crippen LogP contribution is 2.24. The van der Waals surface area contributed by atoms with Crippen molar-refractivity contribution in [3.63, 3.8) is 0 Å². The van der Waals surface area contributed by atoms with Gasteiger partial charge in [-0.2, -0.15) is 0 Å². The van der Waals surface area contributed by atoms with Gasteiger partial charge < -0.3 is 10.6 Å². The molecule has 0 heterocycles. The maximum Gasteiger partial charge on any atom is 0.106 e. The normalized spacial score (nSPS) is 10.8. The Morgan fingerprint density at radius 2 is 1.89 bits per heavy atom. The fourth-order valence-corrected chi connectivity index (χ4v) is 2.54. The Bertz CT molecular complexity index is 425.